The van der Waals surface area contributed by atoms with E-state index in [1.54, 1.807) is 6.07 Å². The number of carbonyl (C=O) groups excluding carboxylic acids is 2. The summed E-state index contributed by atoms with van der Waals surface area (Å²) in [4.78, 5) is 22.9. The van der Waals surface area contributed by atoms with Gasteiger partial charge in [-0.15, -0.1) is 0 Å². The van der Waals surface area contributed by atoms with Crippen LogP contribution in [0.1, 0.15) is 30.1 Å². The fourth-order valence-corrected chi connectivity index (χ4v) is 2.13. The van der Waals surface area contributed by atoms with Crippen LogP contribution in [0.4, 0.5) is 0 Å². The van der Waals surface area contributed by atoms with Crippen LogP contribution in [0.3, 0.4) is 0 Å². The Kier molecular flexibility index (Phi) is 4.34. The number of hydrogen-bond donors (Lipinski definition) is 1. The molecule has 0 radical (unpaired) electrons. The lowest BCUT2D eigenvalue weighted by Crippen LogP contribution is -2.28. The third-order valence-corrected chi connectivity index (χ3v) is 3.11. The molecule has 0 unspecified atom stereocenters. The molecule has 0 saturated carbocycles. The molecule has 0 aliphatic heterocycles. The van der Waals surface area contributed by atoms with Gasteiger partial charge in [-0.1, -0.05) is 25.5 Å². The quantitative estimate of drug-likeness (QED) is 0.639. The van der Waals surface area contributed by atoms with E-state index in [-0.39, 0.29) is 12.5 Å². The van der Waals surface area contributed by atoms with E-state index in [9.17, 15) is 9.59 Å². The van der Waals surface area contributed by atoms with Crippen molar-refractivity contribution in [3.05, 3.63) is 36.0 Å². The molecule has 1 amide bonds. The number of benzene rings is 1. The molecule has 19 heavy (non-hydrogen) atoms. The summed E-state index contributed by atoms with van der Waals surface area (Å²) in [5.41, 5.74) is 1.44. The first kappa shape index (κ1) is 13.3. The van der Waals surface area contributed by atoms with Crippen LogP contribution >= 0.6 is 0 Å². The lowest BCUT2D eigenvalue weighted by molar-refractivity contribution is -0.121. The lowest BCUT2D eigenvalue weighted by Gasteiger charge is -2.08. The van der Waals surface area contributed by atoms with Crippen molar-refractivity contribution < 1.29 is 9.59 Å². The van der Waals surface area contributed by atoms with E-state index in [4.69, 9.17) is 0 Å². The molecule has 0 saturated heterocycles. The van der Waals surface area contributed by atoms with E-state index in [0.29, 0.717) is 12.1 Å². The van der Waals surface area contributed by atoms with Crippen LogP contribution in [0.15, 0.2) is 30.5 Å². The topological polar surface area (TPSA) is 51.1 Å². The summed E-state index contributed by atoms with van der Waals surface area (Å²) in [5.74, 6) is -0.0216. The largest absolute Gasteiger partial charge is 0.355 e. The zero-order valence-electron chi connectivity index (χ0n) is 11.1. The van der Waals surface area contributed by atoms with Crippen LogP contribution in [-0.4, -0.2) is 23.3 Å². The molecule has 1 aromatic carbocycles. The fourth-order valence-electron chi connectivity index (χ4n) is 2.13. The van der Waals surface area contributed by atoms with E-state index >= 15 is 0 Å². The average molecular weight is 258 g/mol. The minimum Gasteiger partial charge on any atom is -0.355 e. The summed E-state index contributed by atoms with van der Waals surface area (Å²) in [5, 5.41) is 3.85. The maximum Gasteiger partial charge on any atom is 0.239 e. The van der Waals surface area contributed by atoms with Crippen molar-refractivity contribution in [3.63, 3.8) is 0 Å². The number of hydrogen-bond acceptors (Lipinski definition) is 2. The average Bonchev–Trinajstić information content (AvgIpc) is 2.82. The van der Waals surface area contributed by atoms with Crippen molar-refractivity contribution in [2.24, 2.45) is 0 Å². The van der Waals surface area contributed by atoms with Gasteiger partial charge in [0.15, 0.2) is 6.29 Å². The molecule has 1 heterocycles. The van der Waals surface area contributed by atoms with Crippen LogP contribution in [0.25, 0.3) is 10.9 Å². The zero-order valence-corrected chi connectivity index (χ0v) is 11.1. The summed E-state index contributed by atoms with van der Waals surface area (Å²) in [6.07, 6.45) is 4.71. The SMILES string of the molecule is CCCCNC(=O)Cn1ccc2cccc(C=O)c21. The van der Waals surface area contributed by atoms with Crippen LogP contribution in [0.2, 0.25) is 0 Å². The molecule has 2 aromatic rings. The van der Waals surface area contributed by atoms with Crippen LogP contribution in [0, 0.1) is 0 Å². The molecule has 1 N–H and O–H groups in total. The smallest absolute Gasteiger partial charge is 0.239 e. The van der Waals surface area contributed by atoms with Crippen LogP contribution in [0.5, 0.6) is 0 Å². The predicted molar refractivity (Wildman–Crippen MR) is 75.2 cm³/mol. The number of aldehydes is 1. The lowest BCUT2D eigenvalue weighted by atomic mass is 10.1. The number of nitrogens with zero attached hydrogens (tertiary/aromatic N) is 1. The third-order valence-electron chi connectivity index (χ3n) is 3.11. The molecule has 0 bridgehead atoms. The van der Waals surface area contributed by atoms with Gasteiger partial charge in [0, 0.05) is 23.7 Å². The van der Waals surface area contributed by atoms with Gasteiger partial charge in [-0.3, -0.25) is 9.59 Å². The van der Waals surface area contributed by atoms with Crippen LogP contribution in [-0.2, 0) is 11.3 Å². The van der Waals surface area contributed by atoms with Crippen LogP contribution < -0.4 is 5.32 Å². The first-order valence-corrected chi connectivity index (χ1v) is 6.56. The summed E-state index contributed by atoms with van der Waals surface area (Å²) in [6.45, 7) is 3.04. The van der Waals surface area contributed by atoms with Gasteiger partial charge in [0.05, 0.1) is 5.52 Å². The predicted octanol–water partition coefficient (Wildman–Crippen LogP) is 2.37. The Morgan fingerprint density at radius 1 is 1.37 bits per heavy atom. The Bertz CT molecular complexity index is 587. The normalized spacial score (nSPS) is 10.6. The van der Waals surface area contributed by atoms with Crippen molar-refractivity contribution >= 4 is 23.1 Å². The second-order valence-corrected chi connectivity index (χ2v) is 4.55. The number of aromatic nitrogens is 1. The maximum atomic E-state index is 11.8. The van der Waals surface area contributed by atoms with Gasteiger partial charge in [0.1, 0.15) is 6.54 Å². The number of amides is 1. The molecule has 0 fully saturated rings. The Balaban J connectivity index is 2.16. The summed E-state index contributed by atoms with van der Waals surface area (Å²) < 4.78 is 1.82. The van der Waals surface area contributed by atoms with Gasteiger partial charge in [-0.25, -0.2) is 0 Å². The molecule has 100 valence electrons. The Morgan fingerprint density at radius 3 is 2.95 bits per heavy atom. The Morgan fingerprint density at radius 2 is 2.21 bits per heavy atom. The first-order chi connectivity index (χ1) is 9.26. The monoisotopic (exact) mass is 258 g/mol. The highest BCUT2D eigenvalue weighted by molar-refractivity contribution is 5.97. The number of unbranched alkanes of at least 4 members (excludes halogenated alkanes) is 1. The standard InChI is InChI=1S/C15H18N2O2/c1-2-3-8-16-14(19)10-17-9-7-12-5-4-6-13(11-18)15(12)17/h4-7,9,11H,2-3,8,10H2,1H3,(H,16,19). The molecule has 2 rings (SSSR count). The molecule has 0 atom stereocenters. The summed E-state index contributed by atoms with van der Waals surface area (Å²) in [7, 11) is 0. The summed E-state index contributed by atoms with van der Waals surface area (Å²) in [6, 6.07) is 7.47. The molecular weight excluding hydrogens is 240 g/mol. The number of rotatable bonds is 6. The second kappa shape index (κ2) is 6.18. The highest BCUT2D eigenvalue weighted by atomic mass is 16.2. The molecule has 0 aliphatic rings. The molecule has 4 heteroatoms. The minimum atomic E-state index is -0.0216. The highest BCUT2D eigenvalue weighted by Gasteiger charge is 2.08. The zero-order chi connectivity index (χ0) is 13.7. The second-order valence-electron chi connectivity index (χ2n) is 4.55. The van der Waals surface area contributed by atoms with Gasteiger partial charge in [0.25, 0.3) is 0 Å². The Hall–Kier alpha value is -2.10. The van der Waals surface area contributed by atoms with Gasteiger partial charge < -0.3 is 9.88 Å². The van der Waals surface area contributed by atoms with Gasteiger partial charge in [-0.05, 0) is 18.6 Å². The molecule has 0 spiro atoms. The van der Waals surface area contributed by atoms with Crippen molar-refractivity contribution in [2.45, 2.75) is 26.3 Å². The van der Waals surface area contributed by atoms with Gasteiger partial charge in [0.2, 0.25) is 5.91 Å². The van der Waals surface area contributed by atoms with Crippen molar-refractivity contribution in [1.29, 1.82) is 0 Å². The van der Waals surface area contributed by atoms with E-state index in [1.807, 2.05) is 29.0 Å². The number of fused-ring (bicyclic) bond motifs is 1. The molecule has 1 aromatic heterocycles. The van der Waals surface area contributed by atoms with E-state index in [0.717, 1.165) is 30.0 Å². The fraction of sp³-hybridized carbons (Fsp3) is 0.333. The third kappa shape index (κ3) is 3.02. The molecule has 4 nitrogen and oxygen atoms in total. The van der Waals surface area contributed by atoms with Gasteiger partial charge in [-0.2, -0.15) is 0 Å². The minimum absolute atomic E-state index is 0.0216. The van der Waals surface area contributed by atoms with Crippen molar-refractivity contribution in [3.8, 4) is 0 Å². The first-order valence-electron chi connectivity index (χ1n) is 6.56. The molecule has 0 aliphatic carbocycles. The highest BCUT2D eigenvalue weighted by Crippen LogP contribution is 2.18. The van der Waals surface area contributed by atoms with Gasteiger partial charge >= 0.3 is 0 Å². The van der Waals surface area contributed by atoms with E-state index in [1.165, 1.54) is 0 Å². The number of carbonyl (C=O) groups is 2. The Labute approximate surface area is 112 Å². The number of para-hydroxylation sites is 1. The van der Waals surface area contributed by atoms with Crippen molar-refractivity contribution in [1.82, 2.24) is 9.88 Å². The van der Waals surface area contributed by atoms with E-state index < -0.39 is 0 Å². The summed E-state index contributed by atoms with van der Waals surface area (Å²) >= 11 is 0. The number of nitrogens with one attached hydrogen (secondary N) is 1. The van der Waals surface area contributed by atoms with Crippen molar-refractivity contribution in [2.75, 3.05) is 6.54 Å². The van der Waals surface area contributed by atoms with E-state index in [2.05, 4.69) is 12.2 Å². The maximum absolute atomic E-state index is 11.8. The molecular formula is C15H18N2O2.